The van der Waals surface area contributed by atoms with Gasteiger partial charge in [0.25, 0.3) is 0 Å². The summed E-state index contributed by atoms with van der Waals surface area (Å²) in [7, 11) is -1.96. The van der Waals surface area contributed by atoms with Crippen LogP contribution in [0.1, 0.15) is 16.3 Å². The molecule has 5 nitrogen and oxygen atoms in total. The molecule has 0 aliphatic heterocycles. The highest BCUT2D eigenvalue weighted by Gasteiger charge is 2.23. The Hall–Kier alpha value is -1.22. The Labute approximate surface area is 147 Å². The lowest BCUT2D eigenvalue weighted by Gasteiger charge is -2.17. The van der Waals surface area contributed by atoms with E-state index in [-0.39, 0.29) is 11.4 Å². The molecule has 0 fully saturated rings. The predicted molar refractivity (Wildman–Crippen MR) is 95.3 cm³/mol. The molecule has 8 heteroatoms. The van der Waals surface area contributed by atoms with Gasteiger partial charge in [-0.25, -0.2) is 13.4 Å². The lowest BCUT2D eigenvalue weighted by molar-refractivity contribution is 0.460. The van der Waals surface area contributed by atoms with E-state index in [4.69, 9.17) is 0 Å². The van der Waals surface area contributed by atoms with Gasteiger partial charge in [0.2, 0.25) is 10.0 Å². The van der Waals surface area contributed by atoms with E-state index in [2.05, 4.69) is 20.9 Å². The van der Waals surface area contributed by atoms with Gasteiger partial charge in [-0.05, 0) is 32.0 Å². The van der Waals surface area contributed by atoms with Crippen molar-refractivity contribution in [3.63, 3.8) is 0 Å². The summed E-state index contributed by atoms with van der Waals surface area (Å²) in [5.41, 5.74) is 1.75. The Morgan fingerprint density at radius 1 is 1.35 bits per heavy atom. The smallest absolute Gasteiger partial charge is 0.243 e. The van der Waals surface area contributed by atoms with E-state index in [0.717, 1.165) is 25.7 Å². The van der Waals surface area contributed by atoms with Crippen LogP contribution in [-0.2, 0) is 16.6 Å². The van der Waals surface area contributed by atoms with Gasteiger partial charge in [-0.15, -0.1) is 11.3 Å². The summed E-state index contributed by atoms with van der Waals surface area (Å²) in [6.45, 7) is 4.20. The van der Waals surface area contributed by atoms with E-state index in [1.165, 1.54) is 4.31 Å². The molecule has 23 heavy (non-hydrogen) atoms. The average Bonchev–Trinajstić information content (AvgIpc) is 2.96. The van der Waals surface area contributed by atoms with Gasteiger partial charge in [-0.3, -0.25) is 4.40 Å². The molecule has 3 rings (SSSR count). The number of imidazole rings is 1. The lowest BCUT2D eigenvalue weighted by atomic mass is 10.3. The van der Waals surface area contributed by atoms with E-state index >= 15 is 0 Å². The first-order valence-electron chi connectivity index (χ1n) is 6.95. The maximum atomic E-state index is 12.7. The highest BCUT2D eigenvalue weighted by atomic mass is 79.9. The van der Waals surface area contributed by atoms with E-state index < -0.39 is 10.0 Å². The van der Waals surface area contributed by atoms with Gasteiger partial charge in [0.15, 0.2) is 4.96 Å². The Kier molecular flexibility index (Phi) is 4.35. The maximum Gasteiger partial charge on any atom is 0.243 e. The van der Waals surface area contributed by atoms with Crippen molar-refractivity contribution in [2.45, 2.75) is 25.3 Å². The number of nitrogens with zero attached hydrogens (tertiary/aromatic N) is 3. The first-order chi connectivity index (χ1) is 10.8. The molecule has 1 aromatic carbocycles. The Morgan fingerprint density at radius 3 is 2.78 bits per heavy atom. The summed E-state index contributed by atoms with van der Waals surface area (Å²) >= 11 is 4.91. The SMILES string of the molecule is Cc1cn2c(CN(C)S(=O)(=O)c3cccc(Br)c3)c(C)nc2s1. The maximum absolute atomic E-state index is 12.7. The molecule has 0 spiro atoms. The lowest BCUT2D eigenvalue weighted by Crippen LogP contribution is -2.27. The van der Waals surface area contributed by atoms with Crippen molar-refractivity contribution in [1.29, 1.82) is 0 Å². The zero-order valence-electron chi connectivity index (χ0n) is 12.9. The first-order valence-corrected chi connectivity index (χ1v) is 10.00. The summed E-state index contributed by atoms with van der Waals surface area (Å²) in [6, 6.07) is 6.73. The summed E-state index contributed by atoms with van der Waals surface area (Å²) < 4.78 is 29.6. The number of benzene rings is 1. The van der Waals surface area contributed by atoms with Gasteiger partial charge >= 0.3 is 0 Å². The molecular formula is C15H16BrN3O2S2. The second-order valence-electron chi connectivity index (χ2n) is 5.36. The number of rotatable bonds is 4. The molecule has 0 unspecified atom stereocenters. The van der Waals surface area contributed by atoms with Crippen LogP contribution in [0.2, 0.25) is 0 Å². The van der Waals surface area contributed by atoms with Crippen molar-refractivity contribution in [3.8, 4) is 0 Å². The summed E-state index contributed by atoms with van der Waals surface area (Å²) in [6.07, 6.45) is 1.99. The molecule has 0 saturated heterocycles. The molecule has 0 amide bonds. The minimum atomic E-state index is -3.55. The third kappa shape index (κ3) is 3.08. The van der Waals surface area contributed by atoms with E-state index in [0.29, 0.717) is 0 Å². The quantitative estimate of drug-likeness (QED) is 0.656. The number of aromatic nitrogens is 2. The average molecular weight is 414 g/mol. The van der Waals surface area contributed by atoms with E-state index in [1.54, 1.807) is 42.6 Å². The van der Waals surface area contributed by atoms with Crippen LogP contribution in [0.15, 0.2) is 39.8 Å². The van der Waals surface area contributed by atoms with Gasteiger partial charge in [-0.1, -0.05) is 22.0 Å². The van der Waals surface area contributed by atoms with Crippen molar-refractivity contribution < 1.29 is 8.42 Å². The van der Waals surface area contributed by atoms with Gasteiger partial charge in [-0.2, -0.15) is 4.31 Å². The molecule has 0 aliphatic carbocycles. The van der Waals surface area contributed by atoms with E-state index in [9.17, 15) is 8.42 Å². The zero-order valence-corrected chi connectivity index (χ0v) is 16.2. The van der Waals surface area contributed by atoms with Gasteiger partial charge < -0.3 is 0 Å². The first kappa shape index (κ1) is 16.6. The highest BCUT2D eigenvalue weighted by molar-refractivity contribution is 9.10. The molecule has 0 saturated carbocycles. The minimum Gasteiger partial charge on any atom is -0.293 e. The number of fused-ring (bicyclic) bond motifs is 1. The number of sulfonamides is 1. The number of hydrogen-bond acceptors (Lipinski definition) is 4. The molecule has 0 aliphatic rings. The molecule has 122 valence electrons. The van der Waals surface area contributed by atoms with Crippen LogP contribution in [0, 0.1) is 13.8 Å². The van der Waals surface area contributed by atoms with E-state index in [1.807, 2.05) is 24.4 Å². The van der Waals surface area contributed by atoms with Crippen LogP contribution in [0.4, 0.5) is 0 Å². The van der Waals surface area contributed by atoms with Crippen LogP contribution in [0.5, 0.6) is 0 Å². The molecule has 3 aromatic rings. The van der Waals surface area contributed by atoms with Crippen molar-refractivity contribution in [2.24, 2.45) is 0 Å². The zero-order chi connectivity index (χ0) is 16.8. The van der Waals surface area contributed by atoms with Crippen molar-refractivity contribution in [1.82, 2.24) is 13.7 Å². The summed E-state index contributed by atoms with van der Waals surface area (Å²) in [4.78, 5) is 6.82. The molecule has 0 atom stereocenters. The van der Waals surface area contributed by atoms with Crippen LogP contribution in [-0.4, -0.2) is 29.2 Å². The van der Waals surface area contributed by atoms with Crippen molar-refractivity contribution >= 4 is 42.3 Å². The third-order valence-corrected chi connectivity index (χ3v) is 6.81. The summed E-state index contributed by atoms with van der Waals surface area (Å²) in [5, 5.41) is 0. The largest absolute Gasteiger partial charge is 0.293 e. The highest BCUT2D eigenvalue weighted by Crippen LogP contribution is 2.24. The molecular weight excluding hydrogens is 398 g/mol. The molecule has 2 aromatic heterocycles. The fourth-order valence-electron chi connectivity index (χ4n) is 2.40. The summed E-state index contributed by atoms with van der Waals surface area (Å²) in [5.74, 6) is 0. The molecule has 0 N–H and O–H groups in total. The van der Waals surface area contributed by atoms with Gasteiger partial charge in [0.05, 0.1) is 22.8 Å². The fourth-order valence-corrected chi connectivity index (χ4v) is 5.02. The van der Waals surface area contributed by atoms with Gasteiger partial charge in [0.1, 0.15) is 0 Å². The third-order valence-electron chi connectivity index (χ3n) is 3.62. The predicted octanol–water partition coefficient (Wildman–Crippen LogP) is 3.60. The second-order valence-corrected chi connectivity index (χ2v) is 9.53. The van der Waals surface area contributed by atoms with Crippen LogP contribution < -0.4 is 0 Å². The number of aryl methyl sites for hydroxylation is 2. The Morgan fingerprint density at radius 2 is 2.09 bits per heavy atom. The van der Waals surface area contributed by atoms with Gasteiger partial charge in [0, 0.05) is 22.6 Å². The standard InChI is InChI=1S/C15H16BrN3O2S2/c1-10-8-19-14(11(2)17-15(19)22-10)9-18(3)23(20,21)13-6-4-5-12(16)7-13/h4-8H,9H2,1-3H3. The fraction of sp³-hybridized carbons (Fsp3) is 0.267. The number of thiazole rings is 1. The second kappa shape index (κ2) is 6.01. The van der Waals surface area contributed by atoms with Crippen LogP contribution in [0.25, 0.3) is 4.96 Å². The Balaban J connectivity index is 1.96. The van der Waals surface area contributed by atoms with Crippen LogP contribution in [0.3, 0.4) is 0 Å². The van der Waals surface area contributed by atoms with Crippen LogP contribution >= 0.6 is 27.3 Å². The topological polar surface area (TPSA) is 54.7 Å². The molecule has 0 radical (unpaired) electrons. The van der Waals surface area contributed by atoms with Crippen molar-refractivity contribution in [3.05, 3.63) is 51.2 Å². The Bertz CT molecular complexity index is 976. The molecule has 0 bridgehead atoms. The monoisotopic (exact) mass is 413 g/mol. The molecule has 2 heterocycles. The normalized spacial score (nSPS) is 12.4. The number of halogens is 1. The number of hydrogen-bond donors (Lipinski definition) is 0. The minimum absolute atomic E-state index is 0.272. The van der Waals surface area contributed by atoms with Crippen molar-refractivity contribution in [2.75, 3.05) is 7.05 Å².